The number of benzene rings is 2. The largest absolute Gasteiger partial charge is 0.416 e. The fraction of sp³-hybridized carbons (Fsp3) is 0.478. The number of hydrogen-bond acceptors (Lipinski definition) is 4. The predicted octanol–water partition coefficient (Wildman–Crippen LogP) is 4.69. The number of alkyl halides is 3. The molecule has 4 rings (SSSR count). The van der Waals surface area contributed by atoms with Crippen molar-refractivity contribution in [3.63, 3.8) is 0 Å². The third kappa shape index (κ3) is 4.85. The molecule has 1 saturated heterocycles. The molecule has 2 aromatic carbocycles. The minimum Gasteiger partial charge on any atom is -0.395 e. The van der Waals surface area contributed by atoms with E-state index in [0.717, 1.165) is 73.0 Å². The lowest BCUT2D eigenvalue weighted by atomic mass is 9.86. The van der Waals surface area contributed by atoms with Crippen molar-refractivity contribution < 1.29 is 18.3 Å². The summed E-state index contributed by atoms with van der Waals surface area (Å²) in [6.45, 7) is 5.74. The summed E-state index contributed by atoms with van der Waals surface area (Å²) < 4.78 is 40.0. The topological polar surface area (TPSA) is 26.7 Å². The van der Waals surface area contributed by atoms with Gasteiger partial charge >= 0.3 is 6.18 Å². The van der Waals surface area contributed by atoms with Gasteiger partial charge in [0.25, 0.3) is 0 Å². The van der Waals surface area contributed by atoms with Gasteiger partial charge in [0.1, 0.15) is 0 Å². The highest BCUT2D eigenvalue weighted by molar-refractivity contribution is 7.99. The highest BCUT2D eigenvalue weighted by Gasteiger charge is 2.34. The minimum atomic E-state index is -4.32. The van der Waals surface area contributed by atoms with Gasteiger partial charge in [0.05, 0.1) is 12.2 Å². The summed E-state index contributed by atoms with van der Waals surface area (Å²) in [7, 11) is 0. The van der Waals surface area contributed by atoms with E-state index in [9.17, 15) is 13.2 Å². The van der Waals surface area contributed by atoms with Crippen molar-refractivity contribution in [1.82, 2.24) is 9.80 Å². The van der Waals surface area contributed by atoms with Crippen molar-refractivity contribution in [1.29, 1.82) is 0 Å². The van der Waals surface area contributed by atoms with Crippen molar-refractivity contribution in [3.05, 3.63) is 59.2 Å². The molecule has 1 atom stereocenters. The molecule has 0 saturated carbocycles. The number of rotatable bonds is 6. The van der Waals surface area contributed by atoms with Crippen LogP contribution in [0.3, 0.4) is 0 Å². The van der Waals surface area contributed by atoms with E-state index < -0.39 is 11.7 Å². The van der Waals surface area contributed by atoms with E-state index in [1.165, 1.54) is 12.1 Å². The van der Waals surface area contributed by atoms with Crippen LogP contribution in [0.4, 0.5) is 13.2 Å². The number of halogens is 3. The maximum absolute atomic E-state index is 13.3. The number of hydrogen-bond donors (Lipinski definition) is 1. The second-order valence-corrected chi connectivity index (χ2v) is 9.08. The van der Waals surface area contributed by atoms with Gasteiger partial charge in [-0.25, -0.2) is 0 Å². The Labute approximate surface area is 179 Å². The maximum Gasteiger partial charge on any atom is 0.416 e. The van der Waals surface area contributed by atoms with Crippen molar-refractivity contribution in [2.75, 3.05) is 45.9 Å². The zero-order chi connectivity index (χ0) is 21.1. The van der Waals surface area contributed by atoms with Gasteiger partial charge in [-0.3, -0.25) is 4.90 Å². The van der Waals surface area contributed by atoms with Crippen LogP contribution in [0.2, 0.25) is 0 Å². The van der Waals surface area contributed by atoms with Gasteiger partial charge in [-0.1, -0.05) is 30.0 Å². The Morgan fingerprint density at radius 3 is 2.27 bits per heavy atom. The van der Waals surface area contributed by atoms with Crippen LogP contribution in [0.5, 0.6) is 0 Å². The van der Waals surface area contributed by atoms with E-state index in [1.807, 2.05) is 12.1 Å². The molecule has 0 aromatic heterocycles. The van der Waals surface area contributed by atoms with Crippen LogP contribution >= 0.6 is 11.8 Å². The summed E-state index contributed by atoms with van der Waals surface area (Å²) in [6.07, 6.45) is -2.54. The first-order valence-electron chi connectivity index (χ1n) is 10.5. The molecule has 1 N–H and O–H groups in total. The van der Waals surface area contributed by atoms with Gasteiger partial charge in [-0.15, -0.1) is 0 Å². The van der Waals surface area contributed by atoms with E-state index >= 15 is 0 Å². The number of fused-ring (bicyclic) bond motifs is 2. The standard InChI is InChI=1S/C23H27F3N2OS/c24-23(25,26)17-7-8-22-20(16-17)18(19-4-1-2-6-21(19)30-22)5-3-9-27-10-12-28(13-11-27)14-15-29/h1-2,4,6-8,16,18,29H,3,5,9-15H2/t18-/m0/s1. The van der Waals surface area contributed by atoms with Gasteiger partial charge in [0.2, 0.25) is 0 Å². The Bertz CT molecular complexity index is 866. The van der Waals surface area contributed by atoms with E-state index in [-0.39, 0.29) is 12.5 Å². The molecule has 2 heterocycles. The zero-order valence-corrected chi connectivity index (χ0v) is 17.7. The van der Waals surface area contributed by atoms with Crippen LogP contribution in [0, 0.1) is 0 Å². The van der Waals surface area contributed by atoms with Crippen LogP contribution in [0.15, 0.2) is 52.3 Å². The molecule has 0 radical (unpaired) electrons. The lowest BCUT2D eigenvalue weighted by molar-refractivity contribution is -0.137. The van der Waals surface area contributed by atoms with Gasteiger partial charge in [-0.2, -0.15) is 13.2 Å². The van der Waals surface area contributed by atoms with E-state index in [0.29, 0.717) is 0 Å². The quantitative estimate of drug-likeness (QED) is 0.711. The summed E-state index contributed by atoms with van der Waals surface area (Å²) in [4.78, 5) is 6.77. The third-order valence-electron chi connectivity index (χ3n) is 6.08. The first-order chi connectivity index (χ1) is 14.5. The van der Waals surface area contributed by atoms with Crippen LogP contribution in [0.1, 0.15) is 35.4 Å². The average Bonchev–Trinajstić information content (AvgIpc) is 2.73. The molecular weight excluding hydrogens is 409 g/mol. The van der Waals surface area contributed by atoms with Crippen molar-refractivity contribution >= 4 is 11.8 Å². The predicted molar refractivity (Wildman–Crippen MR) is 113 cm³/mol. The van der Waals surface area contributed by atoms with Gasteiger partial charge in [-0.05, 0) is 54.8 Å². The van der Waals surface area contributed by atoms with Crippen LogP contribution in [0.25, 0.3) is 0 Å². The first-order valence-corrected chi connectivity index (χ1v) is 11.3. The average molecular weight is 437 g/mol. The molecule has 30 heavy (non-hydrogen) atoms. The number of aliphatic hydroxyl groups excluding tert-OH is 1. The Hall–Kier alpha value is -1.54. The van der Waals surface area contributed by atoms with Crippen LogP contribution in [-0.2, 0) is 6.18 Å². The Morgan fingerprint density at radius 2 is 1.57 bits per heavy atom. The number of aliphatic hydroxyl groups is 1. The molecular formula is C23H27F3N2OS. The van der Waals surface area contributed by atoms with Crippen molar-refractivity contribution in [3.8, 4) is 0 Å². The fourth-order valence-corrected chi connectivity index (χ4v) is 5.61. The highest BCUT2D eigenvalue weighted by Crippen LogP contribution is 2.48. The van der Waals surface area contributed by atoms with Gasteiger partial charge in [0, 0.05) is 48.4 Å². The first kappa shape index (κ1) is 21.7. The maximum atomic E-state index is 13.3. The molecule has 0 aliphatic carbocycles. The molecule has 7 heteroatoms. The SMILES string of the molecule is OCCN1CCN(CCC[C@H]2c3ccccc3Sc3ccc(C(F)(F)F)cc32)CC1. The zero-order valence-electron chi connectivity index (χ0n) is 16.9. The summed E-state index contributed by atoms with van der Waals surface area (Å²) in [5.74, 6) is -0.00423. The second-order valence-electron chi connectivity index (χ2n) is 7.99. The summed E-state index contributed by atoms with van der Waals surface area (Å²) >= 11 is 1.57. The highest BCUT2D eigenvalue weighted by atomic mass is 32.2. The molecule has 3 nitrogen and oxygen atoms in total. The number of β-amino-alcohol motifs (C(OH)–C–C–N with tert-alkyl or cyclic N) is 1. The van der Waals surface area contributed by atoms with Gasteiger partial charge in [0.15, 0.2) is 0 Å². The smallest absolute Gasteiger partial charge is 0.395 e. The Morgan fingerprint density at radius 1 is 0.900 bits per heavy atom. The lowest BCUT2D eigenvalue weighted by Crippen LogP contribution is -2.47. The third-order valence-corrected chi connectivity index (χ3v) is 7.26. The second kappa shape index (κ2) is 9.30. The minimum absolute atomic E-state index is 0.00423. The lowest BCUT2D eigenvalue weighted by Gasteiger charge is -2.35. The molecule has 1 fully saturated rings. The molecule has 0 amide bonds. The molecule has 2 aromatic rings. The number of nitrogens with zero attached hydrogens (tertiary/aromatic N) is 2. The van der Waals surface area contributed by atoms with E-state index in [2.05, 4.69) is 21.9 Å². The monoisotopic (exact) mass is 436 g/mol. The normalized spacial score (nSPS) is 20.1. The molecule has 2 aliphatic heterocycles. The Kier molecular flexibility index (Phi) is 6.72. The fourth-order valence-electron chi connectivity index (χ4n) is 4.45. The molecule has 2 aliphatic rings. The molecule has 0 spiro atoms. The molecule has 0 bridgehead atoms. The number of piperazine rings is 1. The van der Waals surface area contributed by atoms with E-state index in [1.54, 1.807) is 17.8 Å². The van der Waals surface area contributed by atoms with Gasteiger partial charge < -0.3 is 10.0 Å². The van der Waals surface area contributed by atoms with Crippen molar-refractivity contribution in [2.45, 2.75) is 34.7 Å². The summed E-state index contributed by atoms with van der Waals surface area (Å²) in [6, 6.07) is 12.3. The molecule has 0 unspecified atom stereocenters. The Balaban J connectivity index is 1.47. The van der Waals surface area contributed by atoms with Crippen LogP contribution < -0.4 is 0 Å². The van der Waals surface area contributed by atoms with E-state index in [4.69, 9.17) is 5.11 Å². The molecule has 162 valence electrons. The summed E-state index contributed by atoms with van der Waals surface area (Å²) in [5.41, 5.74) is 1.38. The van der Waals surface area contributed by atoms with Crippen LogP contribution in [-0.4, -0.2) is 60.8 Å². The summed E-state index contributed by atoms with van der Waals surface area (Å²) in [5, 5.41) is 9.07. The van der Waals surface area contributed by atoms with Crippen molar-refractivity contribution in [2.24, 2.45) is 0 Å².